The predicted molar refractivity (Wildman–Crippen MR) is 84.0 cm³/mol. The van der Waals surface area contributed by atoms with Gasteiger partial charge in [-0.25, -0.2) is 9.49 Å². The van der Waals surface area contributed by atoms with Crippen molar-refractivity contribution in [3.63, 3.8) is 0 Å². The molecule has 112 valence electrons. The van der Waals surface area contributed by atoms with Gasteiger partial charge >= 0.3 is 0 Å². The Morgan fingerprint density at radius 1 is 1.38 bits per heavy atom. The summed E-state index contributed by atoms with van der Waals surface area (Å²) in [5.41, 5.74) is 0.535. The lowest BCUT2D eigenvalue weighted by Crippen LogP contribution is -2.23. The largest absolute Gasteiger partial charge is 0.308 e. The first kappa shape index (κ1) is 14.3. The first-order chi connectivity index (χ1) is 10.2. The smallest absolute Gasteiger partial charge is 0.230 e. The number of aromatic amines is 1. The number of H-pyrrole nitrogens is 1. The first-order valence-corrected chi connectivity index (χ1v) is 7.82. The van der Waals surface area contributed by atoms with E-state index < -0.39 is 0 Å². The summed E-state index contributed by atoms with van der Waals surface area (Å²) >= 11 is 5.38. The van der Waals surface area contributed by atoms with E-state index in [1.165, 1.54) is 18.9 Å². The molecule has 0 saturated heterocycles. The molecule has 0 spiro atoms. The van der Waals surface area contributed by atoms with Crippen molar-refractivity contribution in [3.8, 4) is 0 Å². The molecule has 1 heterocycles. The number of halogens is 1. The molecule has 0 bridgehead atoms. The molecule has 21 heavy (non-hydrogen) atoms. The summed E-state index contributed by atoms with van der Waals surface area (Å²) in [5, 5.41) is 7.22. The van der Waals surface area contributed by atoms with Gasteiger partial charge in [-0.2, -0.15) is 0 Å². The molecule has 1 aliphatic carbocycles. The molecule has 1 aliphatic rings. The van der Waals surface area contributed by atoms with Gasteiger partial charge in [0.25, 0.3) is 0 Å². The van der Waals surface area contributed by atoms with Crippen molar-refractivity contribution < 1.29 is 4.39 Å². The predicted octanol–water partition coefficient (Wildman–Crippen LogP) is 4.35. The van der Waals surface area contributed by atoms with Gasteiger partial charge in [-0.05, 0) is 44.1 Å². The van der Waals surface area contributed by atoms with Crippen LogP contribution >= 0.6 is 12.2 Å². The molecule has 6 heteroatoms. The van der Waals surface area contributed by atoms with E-state index in [1.807, 2.05) is 17.9 Å². The second-order valence-electron chi connectivity index (χ2n) is 5.33. The van der Waals surface area contributed by atoms with Crippen LogP contribution in [0.5, 0.6) is 0 Å². The molecule has 1 fully saturated rings. The second kappa shape index (κ2) is 5.97. The van der Waals surface area contributed by atoms with Crippen molar-refractivity contribution >= 4 is 23.9 Å². The van der Waals surface area contributed by atoms with Crippen LogP contribution in [0, 0.1) is 10.6 Å². The van der Waals surface area contributed by atoms with Crippen molar-refractivity contribution in [1.29, 1.82) is 0 Å². The number of nitrogens with one attached hydrogen (secondary N) is 1. The molecule has 1 aromatic heterocycles. The molecule has 0 amide bonds. The molecule has 0 atom stereocenters. The monoisotopic (exact) mass is 306 g/mol. The molecule has 1 aromatic carbocycles. The number of benzene rings is 1. The molecule has 2 aromatic rings. The van der Waals surface area contributed by atoms with Crippen LogP contribution in [0.25, 0.3) is 0 Å². The summed E-state index contributed by atoms with van der Waals surface area (Å²) in [6.45, 7) is 2.62. The summed E-state index contributed by atoms with van der Waals surface area (Å²) in [6.07, 6.45) is 4.64. The molecule has 0 unspecified atom stereocenters. The fraction of sp³-hybridized carbons (Fsp3) is 0.467. The minimum atomic E-state index is -0.244. The van der Waals surface area contributed by atoms with E-state index in [9.17, 15) is 4.39 Å². The molecule has 1 saturated carbocycles. The van der Waals surface area contributed by atoms with E-state index in [0.29, 0.717) is 29.0 Å². The summed E-state index contributed by atoms with van der Waals surface area (Å²) in [5.74, 6) is 0.464. The Bertz CT molecular complexity index is 672. The third-order valence-corrected chi connectivity index (χ3v) is 4.36. The minimum Gasteiger partial charge on any atom is -0.308 e. The number of aromatic nitrogens is 3. The molecule has 1 N–H and O–H groups in total. The maximum atomic E-state index is 14.1. The van der Waals surface area contributed by atoms with Crippen LogP contribution in [0.2, 0.25) is 0 Å². The second-order valence-corrected chi connectivity index (χ2v) is 5.72. The van der Waals surface area contributed by atoms with Gasteiger partial charge in [0.2, 0.25) is 5.95 Å². The lowest BCUT2D eigenvalue weighted by Gasteiger charge is -2.25. The van der Waals surface area contributed by atoms with Gasteiger partial charge in [0.1, 0.15) is 5.82 Å². The topological polar surface area (TPSA) is 36.9 Å². The van der Waals surface area contributed by atoms with Crippen LogP contribution in [0.4, 0.5) is 16.0 Å². The number of nitrogens with zero attached hydrogens (tertiary/aromatic N) is 3. The molecule has 3 rings (SSSR count). The van der Waals surface area contributed by atoms with Crippen molar-refractivity contribution in [1.82, 2.24) is 14.8 Å². The van der Waals surface area contributed by atoms with E-state index in [0.717, 1.165) is 12.8 Å². The number of rotatable bonds is 4. The average molecular weight is 306 g/mol. The van der Waals surface area contributed by atoms with Crippen LogP contribution in [-0.2, 0) is 0 Å². The quantitative estimate of drug-likeness (QED) is 0.853. The zero-order chi connectivity index (χ0) is 14.8. The third-order valence-electron chi connectivity index (χ3n) is 4.08. The highest BCUT2D eigenvalue weighted by molar-refractivity contribution is 7.71. The van der Waals surface area contributed by atoms with Crippen molar-refractivity contribution in [2.75, 3.05) is 11.4 Å². The zero-order valence-corrected chi connectivity index (χ0v) is 12.9. The van der Waals surface area contributed by atoms with Crippen LogP contribution in [0.3, 0.4) is 0 Å². The van der Waals surface area contributed by atoms with Gasteiger partial charge in [-0.15, -0.1) is 5.10 Å². The van der Waals surface area contributed by atoms with Crippen molar-refractivity contribution in [3.05, 3.63) is 34.9 Å². The number of hydrogen-bond acceptors (Lipinski definition) is 3. The van der Waals surface area contributed by atoms with E-state index in [2.05, 4.69) is 14.8 Å². The van der Waals surface area contributed by atoms with Gasteiger partial charge < -0.3 is 4.90 Å². The van der Waals surface area contributed by atoms with Crippen LogP contribution < -0.4 is 4.90 Å². The maximum absolute atomic E-state index is 14.1. The maximum Gasteiger partial charge on any atom is 0.230 e. The van der Waals surface area contributed by atoms with Gasteiger partial charge in [0.15, 0.2) is 4.77 Å². The lowest BCUT2D eigenvalue weighted by atomic mass is 10.2. The minimum absolute atomic E-state index is 0.244. The van der Waals surface area contributed by atoms with E-state index >= 15 is 0 Å². The summed E-state index contributed by atoms with van der Waals surface area (Å²) < 4.78 is 16.8. The van der Waals surface area contributed by atoms with E-state index in [1.54, 1.807) is 12.1 Å². The van der Waals surface area contributed by atoms with Crippen molar-refractivity contribution in [2.45, 2.75) is 38.6 Å². The van der Waals surface area contributed by atoms with Crippen LogP contribution in [0.1, 0.15) is 38.6 Å². The Labute approximate surface area is 128 Å². The average Bonchev–Trinajstić information content (AvgIpc) is 3.11. The number of para-hydroxylation sites is 1. The van der Waals surface area contributed by atoms with Gasteiger partial charge in [0, 0.05) is 12.6 Å². The Morgan fingerprint density at radius 3 is 2.76 bits per heavy atom. The van der Waals surface area contributed by atoms with Crippen LogP contribution in [-0.4, -0.2) is 21.3 Å². The van der Waals surface area contributed by atoms with Gasteiger partial charge in [0.05, 0.1) is 5.69 Å². The Kier molecular flexibility index (Phi) is 4.05. The molecule has 0 aliphatic heterocycles. The molecular formula is C15H19FN4S. The highest BCUT2D eigenvalue weighted by atomic mass is 32.1. The summed E-state index contributed by atoms with van der Waals surface area (Å²) in [7, 11) is 0. The lowest BCUT2D eigenvalue weighted by molar-refractivity contribution is 0.510. The van der Waals surface area contributed by atoms with E-state index in [-0.39, 0.29) is 5.82 Å². The zero-order valence-electron chi connectivity index (χ0n) is 12.1. The van der Waals surface area contributed by atoms with E-state index in [4.69, 9.17) is 12.2 Å². The Morgan fingerprint density at radius 2 is 2.10 bits per heavy atom. The highest BCUT2D eigenvalue weighted by Gasteiger charge is 2.25. The third kappa shape index (κ3) is 2.60. The molecule has 4 nitrogen and oxygen atoms in total. The highest BCUT2D eigenvalue weighted by Crippen LogP contribution is 2.35. The Balaban J connectivity index is 2.06. The van der Waals surface area contributed by atoms with Gasteiger partial charge in [-0.1, -0.05) is 25.0 Å². The molecule has 0 radical (unpaired) electrons. The summed E-state index contributed by atoms with van der Waals surface area (Å²) in [6, 6.07) is 7.14. The van der Waals surface area contributed by atoms with Crippen molar-refractivity contribution in [2.24, 2.45) is 0 Å². The fourth-order valence-corrected chi connectivity index (χ4v) is 3.34. The fourth-order valence-electron chi connectivity index (χ4n) is 3.07. The number of anilines is 2. The normalized spacial score (nSPS) is 15.5. The number of hydrogen-bond donors (Lipinski definition) is 1. The van der Waals surface area contributed by atoms with Gasteiger partial charge in [-0.3, -0.25) is 4.57 Å². The summed E-state index contributed by atoms with van der Waals surface area (Å²) in [4.78, 5) is 1.87. The van der Waals surface area contributed by atoms with Crippen LogP contribution in [0.15, 0.2) is 24.3 Å². The first-order valence-electron chi connectivity index (χ1n) is 7.41. The Hall–Kier alpha value is -1.69. The molecular weight excluding hydrogens is 287 g/mol. The SMILES string of the molecule is CCN(c1ccccc1F)c1n[nH]c(=S)n1C1CCCC1. The standard InChI is InChI=1S/C15H19FN4S/c1-2-19(13-10-6-5-9-12(13)16)14-17-18-15(21)20(14)11-7-3-4-8-11/h5-6,9-11H,2-4,7-8H2,1H3,(H,18,21).